The topological polar surface area (TPSA) is 41.6 Å². The number of aromatic nitrogens is 3. The first-order valence-electron chi connectivity index (χ1n) is 8.97. The lowest BCUT2D eigenvalue weighted by molar-refractivity contribution is 0.0176. The minimum atomic E-state index is -2.87. The standard InChI is InChI=1S/C22H23F2N3/c1-5-16(18-7-6-12-25-15(18)3)9-8-14(2)21-26-19-11-10-17(22(4,23)24)13-20(19)27-21/h6-13H,5H2,1-4H3,(H,26,27)/b14-8+,16-9+. The average Bonchev–Trinajstić information content (AvgIpc) is 3.06. The number of rotatable bonds is 5. The van der Waals surface area contributed by atoms with Gasteiger partial charge in [-0.1, -0.05) is 31.2 Å². The summed E-state index contributed by atoms with van der Waals surface area (Å²) in [4.78, 5) is 12.0. The van der Waals surface area contributed by atoms with Crippen molar-refractivity contribution in [1.29, 1.82) is 0 Å². The van der Waals surface area contributed by atoms with E-state index in [1.54, 1.807) is 12.3 Å². The molecule has 3 nitrogen and oxygen atoms in total. The second kappa shape index (κ2) is 7.43. The number of fused-ring (bicyclic) bond motifs is 1. The molecule has 140 valence electrons. The van der Waals surface area contributed by atoms with Crippen molar-refractivity contribution in [3.63, 3.8) is 0 Å². The maximum absolute atomic E-state index is 13.5. The lowest BCUT2D eigenvalue weighted by atomic mass is 10.0. The number of hydrogen-bond donors (Lipinski definition) is 1. The van der Waals surface area contributed by atoms with Crippen LogP contribution in [0.1, 0.15) is 49.8 Å². The third-order valence-corrected chi connectivity index (χ3v) is 4.63. The predicted octanol–water partition coefficient (Wildman–Crippen LogP) is 6.27. The summed E-state index contributed by atoms with van der Waals surface area (Å²) in [6, 6.07) is 8.51. The summed E-state index contributed by atoms with van der Waals surface area (Å²) in [6.45, 7) is 6.95. The van der Waals surface area contributed by atoms with E-state index in [0.29, 0.717) is 16.9 Å². The molecule has 2 aromatic heterocycles. The van der Waals surface area contributed by atoms with Crippen LogP contribution < -0.4 is 0 Å². The number of pyridine rings is 1. The molecule has 0 bridgehead atoms. The molecule has 0 saturated heterocycles. The smallest absolute Gasteiger partial charge is 0.270 e. The Balaban J connectivity index is 1.94. The number of alkyl halides is 2. The number of H-pyrrole nitrogens is 1. The minimum absolute atomic E-state index is 0.0212. The number of benzene rings is 1. The van der Waals surface area contributed by atoms with Gasteiger partial charge in [0.25, 0.3) is 5.92 Å². The van der Waals surface area contributed by atoms with Gasteiger partial charge in [-0.3, -0.25) is 4.98 Å². The van der Waals surface area contributed by atoms with Gasteiger partial charge in [0, 0.05) is 24.4 Å². The summed E-state index contributed by atoms with van der Waals surface area (Å²) in [5, 5.41) is 0. The first kappa shape index (κ1) is 19.0. The maximum Gasteiger partial charge on any atom is 0.270 e. The maximum atomic E-state index is 13.5. The third-order valence-electron chi connectivity index (χ3n) is 4.63. The molecule has 0 saturated carbocycles. The highest BCUT2D eigenvalue weighted by Crippen LogP contribution is 2.29. The Bertz CT molecular complexity index is 1020. The van der Waals surface area contributed by atoms with Crippen molar-refractivity contribution in [2.24, 2.45) is 0 Å². The van der Waals surface area contributed by atoms with Gasteiger partial charge < -0.3 is 4.98 Å². The molecule has 27 heavy (non-hydrogen) atoms. The van der Waals surface area contributed by atoms with Crippen molar-refractivity contribution in [1.82, 2.24) is 15.0 Å². The van der Waals surface area contributed by atoms with Crippen LogP contribution >= 0.6 is 0 Å². The zero-order valence-corrected chi connectivity index (χ0v) is 16.0. The van der Waals surface area contributed by atoms with E-state index < -0.39 is 5.92 Å². The Labute approximate surface area is 157 Å². The average molecular weight is 367 g/mol. The summed E-state index contributed by atoms with van der Waals surface area (Å²) in [5.74, 6) is -2.19. The molecule has 5 heteroatoms. The van der Waals surface area contributed by atoms with Crippen molar-refractivity contribution in [3.05, 3.63) is 71.3 Å². The molecule has 0 aliphatic rings. The van der Waals surface area contributed by atoms with Crippen molar-refractivity contribution < 1.29 is 8.78 Å². The van der Waals surface area contributed by atoms with Gasteiger partial charge in [0.05, 0.1) is 11.0 Å². The second-order valence-electron chi connectivity index (χ2n) is 6.74. The number of aryl methyl sites for hydroxylation is 1. The van der Waals surface area contributed by atoms with Crippen LogP contribution in [0.4, 0.5) is 8.78 Å². The van der Waals surface area contributed by atoms with Crippen LogP contribution in [0.25, 0.3) is 22.2 Å². The number of allylic oxidation sites excluding steroid dienone is 4. The van der Waals surface area contributed by atoms with Crippen LogP contribution in [-0.2, 0) is 5.92 Å². The first-order chi connectivity index (χ1) is 12.8. The van der Waals surface area contributed by atoms with Crippen LogP contribution in [0, 0.1) is 6.92 Å². The summed E-state index contributed by atoms with van der Waals surface area (Å²) in [5.41, 5.74) is 5.50. The quantitative estimate of drug-likeness (QED) is 0.540. The Morgan fingerprint density at radius 2 is 2.00 bits per heavy atom. The minimum Gasteiger partial charge on any atom is -0.338 e. The molecule has 0 spiro atoms. The zero-order chi connectivity index (χ0) is 19.6. The van der Waals surface area contributed by atoms with Crippen molar-refractivity contribution in [2.45, 2.75) is 40.0 Å². The summed E-state index contributed by atoms with van der Waals surface area (Å²) in [6.07, 6.45) is 6.73. The van der Waals surface area contributed by atoms with E-state index in [-0.39, 0.29) is 5.56 Å². The number of nitrogens with one attached hydrogen (secondary N) is 1. The highest BCUT2D eigenvalue weighted by atomic mass is 19.3. The fourth-order valence-corrected chi connectivity index (χ4v) is 3.00. The molecule has 0 aliphatic carbocycles. The SMILES string of the molecule is CC/C(=C\C=C(/C)c1nc2ccc(C(C)(F)F)cc2[nH]1)c1cccnc1C. The number of nitrogens with zero attached hydrogens (tertiary/aromatic N) is 2. The van der Waals surface area contributed by atoms with E-state index in [9.17, 15) is 8.78 Å². The molecule has 1 aromatic carbocycles. The Morgan fingerprint density at radius 3 is 2.67 bits per heavy atom. The number of aromatic amines is 1. The van der Waals surface area contributed by atoms with E-state index in [4.69, 9.17) is 0 Å². The summed E-state index contributed by atoms with van der Waals surface area (Å²) >= 11 is 0. The summed E-state index contributed by atoms with van der Waals surface area (Å²) < 4.78 is 27.1. The summed E-state index contributed by atoms with van der Waals surface area (Å²) in [7, 11) is 0. The van der Waals surface area contributed by atoms with E-state index in [2.05, 4.69) is 34.0 Å². The van der Waals surface area contributed by atoms with Gasteiger partial charge in [-0.2, -0.15) is 0 Å². The van der Waals surface area contributed by atoms with Crippen molar-refractivity contribution in [3.8, 4) is 0 Å². The number of halogens is 2. The molecule has 0 amide bonds. The first-order valence-corrected chi connectivity index (χ1v) is 8.97. The van der Waals surface area contributed by atoms with E-state index in [1.165, 1.54) is 17.7 Å². The van der Waals surface area contributed by atoms with Crippen molar-refractivity contribution in [2.75, 3.05) is 0 Å². The molecule has 0 fully saturated rings. The normalized spacial score (nSPS) is 13.4. The van der Waals surface area contributed by atoms with Gasteiger partial charge in [-0.05, 0) is 55.2 Å². The Kier molecular flexibility index (Phi) is 5.22. The van der Waals surface area contributed by atoms with E-state index >= 15 is 0 Å². The molecule has 0 unspecified atom stereocenters. The lowest BCUT2D eigenvalue weighted by Crippen LogP contribution is -2.06. The predicted molar refractivity (Wildman–Crippen MR) is 107 cm³/mol. The van der Waals surface area contributed by atoms with Gasteiger partial charge in [-0.15, -0.1) is 0 Å². The molecule has 2 heterocycles. The van der Waals surface area contributed by atoms with Gasteiger partial charge in [0.2, 0.25) is 0 Å². The van der Waals surface area contributed by atoms with Gasteiger partial charge in [-0.25, -0.2) is 13.8 Å². The third kappa shape index (κ3) is 4.13. The van der Waals surface area contributed by atoms with Crippen LogP contribution in [0.3, 0.4) is 0 Å². The zero-order valence-electron chi connectivity index (χ0n) is 16.0. The lowest BCUT2D eigenvalue weighted by Gasteiger charge is -2.09. The highest BCUT2D eigenvalue weighted by Gasteiger charge is 2.24. The largest absolute Gasteiger partial charge is 0.338 e. The molecule has 0 atom stereocenters. The van der Waals surface area contributed by atoms with Gasteiger partial charge in [0.15, 0.2) is 0 Å². The van der Waals surface area contributed by atoms with Crippen molar-refractivity contribution >= 4 is 22.2 Å². The number of hydrogen-bond acceptors (Lipinski definition) is 2. The monoisotopic (exact) mass is 367 g/mol. The Hall–Kier alpha value is -2.82. The molecule has 3 rings (SSSR count). The van der Waals surface area contributed by atoms with Gasteiger partial charge >= 0.3 is 0 Å². The molecular weight excluding hydrogens is 344 g/mol. The number of imidazole rings is 1. The Morgan fingerprint density at radius 1 is 1.22 bits per heavy atom. The van der Waals surface area contributed by atoms with E-state index in [1.807, 2.05) is 26.0 Å². The van der Waals surface area contributed by atoms with Crippen LogP contribution in [0.2, 0.25) is 0 Å². The highest BCUT2D eigenvalue weighted by molar-refractivity contribution is 5.80. The van der Waals surface area contributed by atoms with Gasteiger partial charge in [0.1, 0.15) is 5.82 Å². The molecule has 3 aromatic rings. The molecule has 1 N–H and O–H groups in total. The fourth-order valence-electron chi connectivity index (χ4n) is 3.00. The molecular formula is C22H23F2N3. The fraction of sp³-hybridized carbons (Fsp3) is 0.273. The van der Waals surface area contributed by atoms with E-state index in [0.717, 1.165) is 30.2 Å². The molecule has 0 radical (unpaired) electrons. The van der Waals surface area contributed by atoms with Crippen LogP contribution in [0.5, 0.6) is 0 Å². The van der Waals surface area contributed by atoms with Crippen LogP contribution in [-0.4, -0.2) is 15.0 Å². The second-order valence-corrected chi connectivity index (χ2v) is 6.74. The molecule has 0 aliphatic heterocycles. The van der Waals surface area contributed by atoms with Crippen LogP contribution in [0.15, 0.2) is 48.7 Å².